The third-order valence-electron chi connectivity index (χ3n) is 6.39. The molecule has 1 aromatic heterocycles. The number of benzene rings is 1. The Labute approximate surface area is 165 Å². The number of fused-ring (bicyclic) bond motifs is 1. The van der Waals surface area contributed by atoms with E-state index in [-0.39, 0.29) is 17.9 Å². The van der Waals surface area contributed by atoms with Crippen molar-refractivity contribution in [2.24, 2.45) is 11.8 Å². The lowest BCUT2D eigenvalue weighted by Gasteiger charge is -2.34. The first-order valence-electron chi connectivity index (χ1n) is 10.2. The molecule has 3 atom stereocenters. The van der Waals surface area contributed by atoms with Crippen LogP contribution in [0.1, 0.15) is 55.5 Å². The zero-order valence-electron chi connectivity index (χ0n) is 16.6. The van der Waals surface area contributed by atoms with Gasteiger partial charge in [0.1, 0.15) is 5.82 Å². The highest BCUT2D eigenvalue weighted by Crippen LogP contribution is 2.29. The molecule has 0 saturated heterocycles. The molecule has 0 radical (unpaired) electrons. The Morgan fingerprint density at radius 2 is 1.96 bits per heavy atom. The first-order valence-corrected chi connectivity index (χ1v) is 10.2. The molecule has 0 spiro atoms. The molecule has 4 rings (SSSR count). The van der Waals surface area contributed by atoms with Crippen LogP contribution in [0.15, 0.2) is 36.5 Å². The highest BCUT2D eigenvalue weighted by molar-refractivity contribution is 5.95. The van der Waals surface area contributed by atoms with Crippen molar-refractivity contribution in [2.45, 2.75) is 58.7 Å². The minimum atomic E-state index is -0.00961. The predicted molar refractivity (Wildman–Crippen MR) is 108 cm³/mol. The molecule has 6 heteroatoms. The molecular formula is C22H28N4O2. The van der Waals surface area contributed by atoms with Crippen LogP contribution >= 0.6 is 0 Å². The lowest BCUT2D eigenvalue weighted by molar-refractivity contribution is -0.119. The van der Waals surface area contributed by atoms with E-state index in [9.17, 15) is 9.59 Å². The number of hydrogen-bond donors (Lipinski definition) is 1. The van der Waals surface area contributed by atoms with Crippen molar-refractivity contribution >= 4 is 17.6 Å². The fourth-order valence-corrected chi connectivity index (χ4v) is 4.34. The lowest BCUT2D eigenvalue weighted by Crippen LogP contribution is -2.43. The van der Waals surface area contributed by atoms with Crippen molar-refractivity contribution in [3.63, 3.8) is 0 Å². The number of carbonyl (C=O) groups excluding carboxylic acids is 2. The van der Waals surface area contributed by atoms with Gasteiger partial charge in [0.05, 0.1) is 19.3 Å². The fourth-order valence-electron chi connectivity index (χ4n) is 4.34. The second kappa shape index (κ2) is 7.78. The van der Waals surface area contributed by atoms with Gasteiger partial charge in [0.15, 0.2) is 0 Å². The van der Waals surface area contributed by atoms with Crippen LogP contribution in [0, 0.1) is 11.8 Å². The number of amides is 2. The number of rotatable bonds is 4. The second-order valence-electron chi connectivity index (χ2n) is 8.19. The molecule has 2 heterocycles. The van der Waals surface area contributed by atoms with Gasteiger partial charge in [-0.25, -0.2) is 4.68 Å². The van der Waals surface area contributed by atoms with Crippen molar-refractivity contribution in [1.82, 2.24) is 15.1 Å². The molecule has 1 aliphatic heterocycles. The second-order valence-corrected chi connectivity index (χ2v) is 8.19. The number of hydrogen-bond acceptors (Lipinski definition) is 3. The van der Waals surface area contributed by atoms with Crippen LogP contribution in [0.4, 0.5) is 5.82 Å². The van der Waals surface area contributed by atoms with Crippen molar-refractivity contribution in [2.75, 3.05) is 4.90 Å². The monoisotopic (exact) mass is 380 g/mol. The Balaban J connectivity index is 1.42. The summed E-state index contributed by atoms with van der Waals surface area (Å²) in [6, 6.07) is 9.70. The molecule has 6 nitrogen and oxygen atoms in total. The number of nitrogens with zero attached hydrogens (tertiary/aromatic N) is 3. The summed E-state index contributed by atoms with van der Waals surface area (Å²) in [5.74, 6) is 2.09. The van der Waals surface area contributed by atoms with Gasteiger partial charge in [-0.15, -0.1) is 0 Å². The molecule has 1 aliphatic carbocycles. The number of aryl methyl sites for hydroxylation is 1. The number of anilines is 1. The van der Waals surface area contributed by atoms with E-state index < -0.39 is 0 Å². The van der Waals surface area contributed by atoms with E-state index in [1.165, 1.54) is 12.8 Å². The Morgan fingerprint density at radius 3 is 2.75 bits per heavy atom. The number of aromatic nitrogens is 2. The maximum Gasteiger partial charge on any atom is 0.251 e. The Kier molecular flexibility index (Phi) is 5.20. The first kappa shape index (κ1) is 18.7. The summed E-state index contributed by atoms with van der Waals surface area (Å²) >= 11 is 0. The quantitative estimate of drug-likeness (QED) is 0.884. The van der Waals surface area contributed by atoms with Crippen LogP contribution in [0.5, 0.6) is 0 Å². The third-order valence-corrected chi connectivity index (χ3v) is 6.39. The molecule has 1 N–H and O–H groups in total. The van der Waals surface area contributed by atoms with Gasteiger partial charge in [0.25, 0.3) is 5.91 Å². The van der Waals surface area contributed by atoms with Crippen LogP contribution in [0.25, 0.3) is 0 Å². The first-order chi connectivity index (χ1) is 13.5. The zero-order valence-corrected chi connectivity index (χ0v) is 16.6. The maximum absolute atomic E-state index is 12.7. The van der Waals surface area contributed by atoms with E-state index in [2.05, 4.69) is 24.3 Å². The summed E-state index contributed by atoms with van der Waals surface area (Å²) < 4.78 is 1.86. The zero-order chi connectivity index (χ0) is 19.7. The smallest absolute Gasteiger partial charge is 0.251 e. The summed E-state index contributed by atoms with van der Waals surface area (Å²) in [5, 5.41) is 7.47. The van der Waals surface area contributed by atoms with E-state index in [4.69, 9.17) is 0 Å². The minimum Gasteiger partial charge on any atom is -0.349 e. The van der Waals surface area contributed by atoms with Gasteiger partial charge in [-0.2, -0.15) is 5.10 Å². The Morgan fingerprint density at radius 1 is 1.18 bits per heavy atom. The highest BCUT2D eigenvalue weighted by atomic mass is 16.2. The van der Waals surface area contributed by atoms with Gasteiger partial charge < -0.3 is 5.32 Å². The molecule has 0 unspecified atom stereocenters. The van der Waals surface area contributed by atoms with Crippen molar-refractivity contribution < 1.29 is 9.59 Å². The minimum absolute atomic E-state index is 0.00961. The van der Waals surface area contributed by atoms with Crippen LogP contribution in [0.3, 0.4) is 0 Å². The topological polar surface area (TPSA) is 67.2 Å². The van der Waals surface area contributed by atoms with Gasteiger partial charge in [-0.05, 0) is 36.0 Å². The molecule has 2 amide bonds. The maximum atomic E-state index is 12.7. The van der Waals surface area contributed by atoms with Crippen LogP contribution in [0.2, 0.25) is 0 Å². The van der Waals surface area contributed by atoms with Crippen molar-refractivity contribution in [1.29, 1.82) is 0 Å². The van der Waals surface area contributed by atoms with Crippen molar-refractivity contribution in [3.05, 3.63) is 47.7 Å². The average molecular weight is 380 g/mol. The number of carbonyl (C=O) groups is 2. The van der Waals surface area contributed by atoms with E-state index in [1.54, 1.807) is 11.1 Å². The molecule has 2 aromatic rings. The van der Waals surface area contributed by atoms with Crippen LogP contribution < -0.4 is 10.2 Å². The molecule has 0 bridgehead atoms. The summed E-state index contributed by atoms with van der Waals surface area (Å²) in [6.45, 7) is 5.63. The largest absolute Gasteiger partial charge is 0.349 e. The Bertz CT molecular complexity index is 858. The standard InChI is InChI=1S/C22H28N4O2/c1-15-4-3-5-19(16(15)2)24-22(28)18-8-6-17(7-9-18)14-25-20-10-12-23-26(20)13-11-21(25)27/h6-10,12,15-16,19H,3-5,11,13-14H2,1-2H3,(H,24,28)/t15-,16+,19+/m1/s1. The predicted octanol–water partition coefficient (Wildman–Crippen LogP) is 3.37. The van der Waals surface area contributed by atoms with Gasteiger partial charge in [0.2, 0.25) is 5.91 Å². The molecule has 2 aliphatic rings. The normalized spacial score (nSPS) is 24.7. The molecule has 1 aromatic carbocycles. The summed E-state index contributed by atoms with van der Waals surface area (Å²) in [6.07, 6.45) is 5.67. The van der Waals surface area contributed by atoms with E-state index in [1.807, 2.05) is 35.0 Å². The van der Waals surface area contributed by atoms with E-state index in [0.29, 0.717) is 36.9 Å². The Hall–Kier alpha value is -2.63. The molecule has 1 saturated carbocycles. The number of nitrogens with one attached hydrogen (secondary N) is 1. The molecule has 28 heavy (non-hydrogen) atoms. The third kappa shape index (κ3) is 3.68. The molecule has 148 valence electrons. The van der Waals surface area contributed by atoms with E-state index >= 15 is 0 Å². The van der Waals surface area contributed by atoms with Crippen LogP contribution in [-0.2, 0) is 17.9 Å². The summed E-state index contributed by atoms with van der Waals surface area (Å²) in [4.78, 5) is 26.8. The molecular weight excluding hydrogens is 352 g/mol. The lowest BCUT2D eigenvalue weighted by atomic mass is 9.78. The van der Waals surface area contributed by atoms with Gasteiger partial charge >= 0.3 is 0 Å². The van der Waals surface area contributed by atoms with E-state index in [0.717, 1.165) is 17.8 Å². The van der Waals surface area contributed by atoms with Gasteiger partial charge in [-0.3, -0.25) is 14.5 Å². The van der Waals surface area contributed by atoms with Gasteiger partial charge in [0, 0.05) is 24.1 Å². The van der Waals surface area contributed by atoms with Crippen molar-refractivity contribution in [3.8, 4) is 0 Å². The summed E-state index contributed by atoms with van der Waals surface area (Å²) in [5.41, 5.74) is 1.67. The highest BCUT2D eigenvalue weighted by Gasteiger charge is 2.28. The average Bonchev–Trinajstić information content (AvgIpc) is 3.17. The van der Waals surface area contributed by atoms with Crippen LogP contribution in [-0.4, -0.2) is 27.6 Å². The summed E-state index contributed by atoms with van der Waals surface area (Å²) in [7, 11) is 0. The molecule has 1 fully saturated rings. The van der Waals surface area contributed by atoms with Gasteiger partial charge in [-0.1, -0.05) is 38.8 Å². The fraction of sp³-hybridized carbons (Fsp3) is 0.500. The SMILES string of the molecule is C[C@H]1[C@H](C)CCC[C@@H]1NC(=O)c1ccc(CN2C(=O)CCn3nccc32)cc1.